The van der Waals surface area contributed by atoms with Gasteiger partial charge in [0.2, 0.25) is 10.0 Å². The van der Waals surface area contributed by atoms with Gasteiger partial charge in [-0.05, 0) is 24.6 Å². The van der Waals surface area contributed by atoms with Gasteiger partial charge in [-0.25, -0.2) is 8.42 Å². The summed E-state index contributed by atoms with van der Waals surface area (Å²) >= 11 is 11.8. The Hall–Kier alpha value is -0.370. The van der Waals surface area contributed by atoms with Crippen molar-refractivity contribution in [2.75, 3.05) is 32.8 Å². The normalized spacial score (nSPS) is 19.3. The van der Waals surface area contributed by atoms with E-state index in [1.54, 1.807) is 0 Å². The van der Waals surface area contributed by atoms with Crippen LogP contribution in [-0.2, 0) is 10.0 Å². The Bertz CT molecular complexity index is 592. The van der Waals surface area contributed by atoms with Crippen LogP contribution in [-0.4, -0.2) is 61.6 Å². The molecular weight excluding hydrogens is 347 g/mol. The van der Waals surface area contributed by atoms with Crippen molar-refractivity contribution in [1.29, 1.82) is 0 Å². The zero-order valence-electron chi connectivity index (χ0n) is 12.4. The van der Waals surface area contributed by atoms with Crippen LogP contribution in [0, 0.1) is 0 Å². The van der Waals surface area contributed by atoms with E-state index < -0.39 is 10.0 Å². The average molecular weight is 367 g/mol. The van der Waals surface area contributed by atoms with E-state index in [4.69, 9.17) is 23.2 Å². The molecule has 22 heavy (non-hydrogen) atoms. The Balaban J connectivity index is 2.12. The highest BCUT2D eigenvalue weighted by Crippen LogP contribution is 2.25. The predicted molar refractivity (Wildman–Crippen MR) is 88.0 cm³/mol. The van der Waals surface area contributed by atoms with Gasteiger partial charge in [0.25, 0.3) is 0 Å². The fraction of sp³-hybridized carbons (Fsp3) is 0.571. The van der Waals surface area contributed by atoms with E-state index in [1.165, 1.54) is 22.5 Å². The van der Waals surface area contributed by atoms with Gasteiger partial charge in [-0.1, -0.05) is 30.1 Å². The summed E-state index contributed by atoms with van der Waals surface area (Å²) in [6.07, 6.45) is 0.840. The lowest BCUT2D eigenvalue weighted by Gasteiger charge is -2.37. The van der Waals surface area contributed by atoms with E-state index in [0.717, 1.165) is 6.42 Å². The molecule has 0 unspecified atom stereocenters. The van der Waals surface area contributed by atoms with Gasteiger partial charge in [0.15, 0.2) is 0 Å². The summed E-state index contributed by atoms with van der Waals surface area (Å²) in [5, 5.41) is 9.94. The summed E-state index contributed by atoms with van der Waals surface area (Å²) in [5.41, 5.74) is 0. The molecule has 0 saturated carbocycles. The molecule has 0 aliphatic carbocycles. The van der Waals surface area contributed by atoms with Crippen LogP contribution in [0.15, 0.2) is 23.1 Å². The molecular formula is C14H20Cl2N2O3S. The van der Waals surface area contributed by atoms with Gasteiger partial charge in [0.1, 0.15) is 0 Å². The third kappa shape index (κ3) is 3.93. The van der Waals surface area contributed by atoms with Gasteiger partial charge >= 0.3 is 0 Å². The number of sulfonamides is 1. The molecule has 1 aromatic rings. The largest absolute Gasteiger partial charge is 0.395 e. The molecule has 0 spiro atoms. The first-order chi connectivity index (χ1) is 10.4. The lowest BCUT2D eigenvalue weighted by molar-refractivity contribution is 0.0881. The molecule has 0 radical (unpaired) electrons. The minimum Gasteiger partial charge on any atom is -0.395 e. The first-order valence-corrected chi connectivity index (χ1v) is 9.39. The lowest BCUT2D eigenvalue weighted by Crippen LogP contribution is -2.52. The molecule has 124 valence electrons. The smallest absolute Gasteiger partial charge is 0.243 e. The Kier molecular flexibility index (Phi) is 6.10. The van der Waals surface area contributed by atoms with Gasteiger partial charge in [0.05, 0.1) is 11.5 Å². The highest BCUT2D eigenvalue weighted by Gasteiger charge is 2.30. The van der Waals surface area contributed by atoms with E-state index in [0.29, 0.717) is 36.2 Å². The minimum atomic E-state index is -3.59. The summed E-state index contributed by atoms with van der Waals surface area (Å²) in [7, 11) is -3.59. The number of aliphatic hydroxyl groups is 1. The molecule has 1 atom stereocenters. The summed E-state index contributed by atoms with van der Waals surface area (Å²) < 4.78 is 26.7. The number of piperazine rings is 1. The molecule has 0 aromatic heterocycles. The van der Waals surface area contributed by atoms with Gasteiger partial charge in [-0.3, -0.25) is 4.90 Å². The van der Waals surface area contributed by atoms with Crippen LogP contribution >= 0.6 is 23.2 Å². The fourth-order valence-electron chi connectivity index (χ4n) is 2.64. The number of rotatable bonds is 5. The zero-order chi connectivity index (χ0) is 16.3. The lowest BCUT2D eigenvalue weighted by atomic mass is 10.2. The predicted octanol–water partition coefficient (Wildman–Crippen LogP) is 2.07. The number of aliphatic hydroxyl groups excluding tert-OH is 1. The van der Waals surface area contributed by atoms with Crippen LogP contribution in [0.1, 0.15) is 13.3 Å². The van der Waals surface area contributed by atoms with Crippen molar-refractivity contribution in [3.8, 4) is 0 Å². The number of hydrogen-bond donors (Lipinski definition) is 1. The third-order valence-electron chi connectivity index (χ3n) is 3.95. The van der Waals surface area contributed by atoms with E-state index in [1.807, 2.05) is 6.92 Å². The van der Waals surface area contributed by atoms with E-state index in [-0.39, 0.29) is 17.5 Å². The van der Waals surface area contributed by atoms with Crippen LogP contribution in [0.2, 0.25) is 10.0 Å². The van der Waals surface area contributed by atoms with Gasteiger partial charge in [-0.15, -0.1) is 0 Å². The number of nitrogens with zero attached hydrogens (tertiary/aromatic N) is 2. The van der Waals surface area contributed by atoms with Crippen molar-refractivity contribution >= 4 is 33.2 Å². The molecule has 1 aromatic carbocycles. The molecule has 1 N–H and O–H groups in total. The van der Waals surface area contributed by atoms with Crippen LogP contribution < -0.4 is 0 Å². The van der Waals surface area contributed by atoms with Crippen LogP contribution in [0.4, 0.5) is 0 Å². The molecule has 1 fully saturated rings. The van der Waals surface area contributed by atoms with Crippen LogP contribution in [0.5, 0.6) is 0 Å². The van der Waals surface area contributed by atoms with Crippen LogP contribution in [0.3, 0.4) is 0 Å². The zero-order valence-corrected chi connectivity index (χ0v) is 14.7. The van der Waals surface area contributed by atoms with Crippen molar-refractivity contribution in [2.24, 2.45) is 0 Å². The standard InChI is InChI=1S/C14H20Cl2N2O3S/c1-2-13(10-19)17-3-5-18(6-4-17)22(20,21)14-8-11(15)7-12(16)9-14/h7-9,13,19H,2-6,10H2,1H3/t13-/m0/s1. The molecule has 5 nitrogen and oxygen atoms in total. The maximum absolute atomic E-state index is 12.6. The molecule has 0 bridgehead atoms. The fourth-order valence-corrected chi connectivity index (χ4v) is 4.79. The molecule has 1 aliphatic rings. The molecule has 1 heterocycles. The summed E-state index contributed by atoms with van der Waals surface area (Å²) in [5.74, 6) is 0. The van der Waals surface area contributed by atoms with Crippen molar-refractivity contribution in [3.05, 3.63) is 28.2 Å². The topological polar surface area (TPSA) is 60.9 Å². The molecule has 8 heteroatoms. The average Bonchev–Trinajstić information content (AvgIpc) is 2.48. The maximum Gasteiger partial charge on any atom is 0.243 e. The first kappa shape index (κ1) is 18.0. The Morgan fingerprint density at radius 1 is 1.14 bits per heavy atom. The van der Waals surface area contributed by atoms with E-state index in [2.05, 4.69) is 4.90 Å². The quantitative estimate of drug-likeness (QED) is 0.866. The Labute approximate surface area is 141 Å². The van der Waals surface area contributed by atoms with Crippen molar-refractivity contribution in [2.45, 2.75) is 24.3 Å². The first-order valence-electron chi connectivity index (χ1n) is 7.19. The van der Waals surface area contributed by atoms with Gasteiger partial charge in [0, 0.05) is 42.3 Å². The summed E-state index contributed by atoms with van der Waals surface area (Å²) in [6.45, 7) is 4.09. The number of hydrogen-bond acceptors (Lipinski definition) is 4. The molecule has 1 aliphatic heterocycles. The van der Waals surface area contributed by atoms with Crippen molar-refractivity contribution in [1.82, 2.24) is 9.21 Å². The summed E-state index contributed by atoms with van der Waals surface area (Å²) in [4.78, 5) is 2.24. The van der Waals surface area contributed by atoms with E-state index in [9.17, 15) is 13.5 Å². The monoisotopic (exact) mass is 366 g/mol. The second-order valence-corrected chi connectivity index (χ2v) is 8.10. The molecule has 2 rings (SSSR count). The van der Waals surface area contributed by atoms with Crippen molar-refractivity contribution < 1.29 is 13.5 Å². The number of halogens is 2. The molecule has 1 saturated heterocycles. The Morgan fingerprint density at radius 3 is 2.14 bits per heavy atom. The number of benzene rings is 1. The van der Waals surface area contributed by atoms with E-state index >= 15 is 0 Å². The maximum atomic E-state index is 12.6. The van der Waals surface area contributed by atoms with Gasteiger partial charge < -0.3 is 5.11 Å². The highest BCUT2D eigenvalue weighted by atomic mass is 35.5. The SMILES string of the molecule is CC[C@@H](CO)N1CCN(S(=O)(=O)c2cc(Cl)cc(Cl)c2)CC1. The second-order valence-electron chi connectivity index (χ2n) is 5.29. The minimum absolute atomic E-state index is 0.0884. The third-order valence-corrected chi connectivity index (χ3v) is 6.26. The highest BCUT2D eigenvalue weighted by molar-refractivity contribution is 7.89. The second kappa shape index (κ2) is 7.47. The summed E-state index contributed by atoms with van der Waals surface area (Å²) in [6, 6.07) is 4.42. The van der Waals surface area contributed by atoms with Crippen molar-refractivity contribution in [3.63, 3.8) is 0 Å². The molecule has 0 amide bonds. The van der Waals surface area contributed by atoms with Gasteiger partial charge in [-0.2, -0.15) is 4.31 Å². The Morgan fingerprint density at radius 2 is 1.68 bits per heavy atom. The van der Waals surface area contributed by atoms with Crippen LogP contribution in [0.25, 0.3) is 0 Å².